The Morgan fingerprint density at radius 1 is 1.28 bits per heavy atom. The number of aromatic hydroxyl groups is 1. The Morgan fingerprint density at radius 2 is 2.08 bits per heavy atom. The van der Waals surface area contributed by atoms with E-state index in [0.29, 0.717) is 30.5 Å². The fourth-order valence-corrected chi connectivity index (χ4v) is 3.48. The molecule has 0 aliphatic carbocycles. The topological polar surface area (TPSA) is 91.0 Å². The second-order valence-electron chi connectivity index (χ2n) is 6.15. The minimum absolute atomic E-state index is 0.0554. The molecule has 7 heteroatoms. The van der Waals surface area contributed by atoms with Crippen LogP contribution < -0.4 is 10.3 Å². The van der Waals surface area contributed by atoms with Crippen molar-refractivity contribution in [3.8, 4) is 5.75 Å². The number of benzene rings is 2. The first-order valence-electron chi connectivity index (χ1n) is 7.81. The number of carboxylic acid groups (broad SMARTS) is 1. The standard InChI is InChI=1S/C18H14ClNO5/c19-12-3-4-13(21)15-16(22)11-2-1-10(7-14(11)25-17(12)15)20-6-5-9(8-20)18(23)24/h1-4,7,9,21H,5-6,8H2,(H,23,24). The van der Waals surface area contributed by atoms with Crippen molar-refractivity contribution in [1.29, 1.82) is 0 Å². The molecule has 2 heterocycles. The molecule has 128 valence electrons. The number of anilines is 1. The van der Waals surface area contributed by atoms with E-state index in [-0.39, 0.29) is 27.2 Å². The molecule has 1 atom stereocenters. The minimum atomic E-state index is -0.803. The number of hydrogen-bond acceptors (Lipinski definition) is 5. The number of phenols is 1. The second-order valence-corrected chi connectivity index (χ2v) is 6.56. The molecule has 2 aromatic carbocycles. The molecular formula is C18H14ClNO5. The summed E-state index contributed by atoms with van der Waals surface area (Å²) in [6.45, 7) is 1.04. The third-order valence-corrected chi connectivity index (χ3v) is 4.94. The number of fused-ring (bicyclic) bond motifs is 2. The van der Waals surface area contributed by atoms with Gasteiger partial charge >= 0.3 is 5.97 Å². The molecule has 4 rings (SSSR count). The van der Waals surface area contributed by atoms with Crippen LogP contribution in [0.15, 0.2) is 39.5 Å². The Kier molecular flexibility index (Phi) is 3.58. The summed E-state index contributed by atoms with van der Waals surface area (Å²) in [4.78, 5) is 25.7. The molecule has 0 spiro atoms. The maximum atomic E-state index is 12.7. The van der Waals surface area contributed by atoms with E-state index in [1.54, 1.807) is 18.2 Å². The Morgan fingerprint density at radius 3 is 2.80 bits per heavy atom. The highest BCUT2D eigenvalue weighted by Crippen LogP contribution is 2.33. The van der Waals surface area contributed by atoms with Gasteiger partial charge in [0.05, 0.1) is 16.3 Å². The van der Waals surface area contributed by atoms with Crippen molar-refractivity contribution in [2.24, 2.45) is 5.92 Å². The number of hydrogen-bond donors (Lipinski definition) is 2. The smallest absolute Gasteiger partial charge is 0.308 e. The normalized spacial score (nSPS) is 17.5. The molecule has 1 saturated heterocycles. The molecule has 1 unspecified atom stereocenters. The van der Waals surface area contributed by atoms with Gasteiger partial charge in [-0.2, -0.15) is 0 Å². The summed E-state index contributed by atoms with van der Waals surface area (Å²) in [5.74, 6) is -1.38. The highest BCUT2D eigenvalue weighted by atomic mass is 35.5. The minimum Gasteiger partial charge on any atom is -0.507 e. The van der Waals surface area contributed by atoms with Crippen LogP contribution in [0.3, 0.4) is 0 Å². The Balaban J connectivity index is 1.87. The lowest BCUT2D eigenvalue weighted by atomic mass is 10.1. The SMILES string of the molecule is O=C(O)C1CCN(c2ccc3c(=O)c4c(O)ccc(Cl)c4oc3c2)C1. The van der Waals surface area contributed by atoms with E-state index in [1.807, 2.05) is 4.90 Å². The average Bonchev–Trinajstić information content (AvgIpc) is 3.08. The summed E-state index contributed by atoms with van der Waals surface area (Å²) in [5, 5.41) is 19.7. The van der Waals surface area contributed by atoms with Gasteiger partial charge in [0.25, 0.3) is 0 Å². The lowest BCUT2D eigenvalue weighted by Gasteiger charge is -2.18. The molecule has 1 aromatic heterocycles. The van der Waals surface area contributed by atoms with Crippen LogP contribution in [-0.2, 0) is 4.79 Å². The molecule has 25 heavy (non-hydrogen) atoms. The highest BCUT2D eigenvalue weighted by Gasteiger charge is 2.28. The lowest BCUT2D eigenvalue weighted by molar-refractivity contribution is -0.140. The number of nitrogens with zero attached hydrogens (tertiary/aromatic N) is 1. The Labute approximate surface area is 146 Å². The summed E-state index contributed by atoms with van der Waals surface area (Å²) in [6, 6.07) is 7.93. The van der Waals surface area contributed by atoms with Crippen LogP contribution in [0, 0.1) is 5.92 Å². The molecule has 0 saturated carbocycles. The fraction of sp³-hybridized carbons (Fsp3) is 0.222. The van der Waals surface area contributed by atoms with Crippen molar-refractivity contribution in [3.63, 3.8) is 0 Å². The zero-order valence-corrected chi connectivity index (χ0v) is 13.8. The van der Waals surface area contributed by atoms with Crippen molar-refractivity contribution in [3.05, 3.63) is 45.6 Å². The molecule has 6 nitrogen and oxygen atoms in total. The van der Waals surface area contributed by atoms with Gasteiger partial charge in [-0.05, 0) is 30.7 Å². The molecule has 0 bridgehead atoms. The number of carbonyl (C=O) groups is 1. The number of halogens is 1. The molecule has 1 fully saturated rings. The van der Waals surface area contributed by atoms with E-state index >= 15 is 0 Å². The monoisotopic (exact) mass is 359 g/mol. The van der Waals surface area contributed by atoms with Gasteiger partial charge in [0.2, 0.25) is 5.43 Å². The first kappa shape index (κ1) is 15.8. The Bertz CT molecular complexity index is 1070. The van der Waals surface area contributed by atoms with E-state index < -0.39 is 11.9 Å². The molecule has 3 aromatic rings. The third-order valence-electron chi connectivity index (χ3n) is 4.64. The van der Waals surface area contributed by atoms with E-state index in [2.05, 4.69) is 0 Å². The Hall–Kier alpha value is -2.73. The van der Waals surface area contributed by atoms with Crippen LogP contribution >= 0.6 is 11.6 Å². The van der Waals surface area contributed by atoms with Crippen molar-refractivity contribution in [2.75, 3.05) is 18.0 Å². The zero-order valence-electron chi connectivity index (χ0n) is 13.0. The zero-order chi connectivity index (χ0) is 17.7. The van der Waals surface area contributed by atoms with E-state index in [0.717, 1.165) is 5.69 Å². The van der Waals surface area contributed by atoms with Crippen LogP contribution in [0.2, 0.25) is 5.02 Å². The van der Waals surface area contributed by atoms with E-state index in [1.165, 1.54) is 12.1 Å². The van der Waals surface area contributed by atoms with Gasteiger partial charge in [-0.1, -0.05) is 11.6 Å². The van der Waals surface area contributed by atoms with Gasteiger partial charge in [-0.25, -0.2) is 0 Å². The van der Waals surface area contributed by atoms with Gasteiger partial charge in [0, 0.05) is 24.8 Å². The van der Waals surface area contributed by atoms with E-state index in [4.69, 9.17) is 21.1 Å². The van der Waals surface area contributed by atoms with Gasteiger partial charge < -0.3 is 19.5 Å². The molecule has 1 aliphatic rings. The molecule has 0 radical (unpaired) electrons. The second kappa shape index (κ2) is 5.67. The summed E-state index contributed by atoms with van der Waals surface area (Å²) in [6.07, 6.45) is 0.578. The number of aliphatic carboxylic acids is 1. The number of carboxylic acids is 1. The van der Waals surface area contributed by atoms with E-state index in [9.17, 15) is 14.7 Å². The van der Waals surface area contributed by atoms with Crippen molar-refractivity contribution in [2.45, 2.75) is 6.42 Å². The van der Waals surface area contributed by atoms with Crippen molar-refractivity contribution < 1.29 is 19.4 Å². The van der Waals surface area contributed by atoms with Gasteiger partial charge in [-0.15, -0.1) is 0 Å². The predicted molar refractivity (Wildman–Crippen MR) is 94.6 cm³/mol. The predicted octanol–water partition coefficient (Wildman–Crippen LogP) is 3.22. The van der Waals surface area contributed by atoms with Crippen LogP contribution in [-0.4, -0.2) is 29.3 Å². The summed E-state index contributed by atoms with van der Waals surface area (Å²) < 4.78 is 5.78. The van der Waals surface area contributed by atoms with Crippen LogP contribution in [0.4, 0.5) is 5.69 Å². The van der Waals surface area contributed by atoms with Gasteiger partial charge in [0.1, 0.15) is 16.7 Å². The molecule has 2 N–H and O–H groups in total. The van der Waals surface area contributed by atoms with Gasteiger partial charge in [0.15, 0.2) is 5.58 Å². The molecular weight excluding hydrogens is 346 g/mol. The van der Waals surface area contributed by atoms with Crippen LogP contribution in [0.5, 0.6) is 5.75 Å². The van der Waals surface area contributed by atoms with Crippen molar-refractivity contribution >= 4 is 45.2 Å². The fourth-order valence-electron chi connectivity index (χ4n) is 3.29. The average molecular weight is 360 g/mol. The first-order chi connectivity index (χ1) is 12.0. The summed E-state index contributed by atoms with van der Waals surface area (Å²) in [5.41, 5.74) is 0.921. The van der Waals surface area contributed by atoms with Crippen LogP contribution in [0.1, 0.15) is 6.42 Å². The highest BCUT2D eigenvalue weighted by molar-refractivity contribution is 6.35. The summed E-state index contributed by atoms with van der Waals surface area (Å²) >= 11 is 6.10. The maximum Gasteiger partial charge on any atom is 0.308 e. The molecule has 1 aliphatic heterocycles. The third kappa shape index (κ3) is 2.49. The van der Waals surface area contributed by atoms with Gasteiger partial charge in [-0.3, -0.25) is 9.59 Å². The number of rotatable bonds is 2. The van der Waals surface area contributed by atoms with Crippen LogP contribution in [0.25, 0.3) is 21.9 Å². The quantitative estimate of drug-likeness (QED) is 0.683. The molecule has 0 amide bonds. The number of phenolic OH excluding ortho intramolecular Hbond substituents is 1. The van der Waals surface area contributed by atoms with Crippen molar-refractivity contribution in [1.82, 2.24) is 0 Å². The maximum absolute atomic E-state index is 12.7. The summed E-state index contributed by atoms with van der Waals surface area (Å²) in [7, 11) is 0. The first-order valence-corrected chi connectivity index (χ1v) is 8.19. The lowest BCUT2D eigenvalue weighted by Crippen LogP contribution is -2.22. The largest absolute Gasteiger partial charge is 0.507 e.